The van der Waals surface area contributed by atoms with Crippen LogP contribution in [0.2, 0.25) is 0 Å². The number of benzene rings is 1. The second-order valence-electron chi connectivity index (χ2n) is 4.58. The summed E-state index contributed by atoms with van der Waals surface area (Å²) in [6, 6.07) is 5.42. The van der Waals surface area contributed by atoms with Crippen molar-refractivity contribution in [2.24, 2.45) is 0 Å². The normalized spacial score (nSPS) is 9.86. The molecular weight excluding hydrogens is 284 g/mol. The van der Waals surface area contributed by atoms with E-state index in [-0.39, 0.29) is 12.5 Å². The average Bonchev–Trinajstić information content (AvgIpc) is 2.87. The lowest BCUT2D eigenvalue weighted by Gasteiger charge is -2.05. The molecule has 0 saturated heterocycles. The molecule has 108 valence electrons. The molecule has 2 rings (SSSR count). The SMILES string of the molecule is Cc1cc(C#CCO)cc(C(=O)NCc2cnc(C)s2)c1. The third-order valence-electron chi connectivity index (χ3n) is 2.74. The first kappa shape index (κ1) is 15.2. The van der Waals surface area contributed by atoms with Crippen molar-refractivity contribution < 1.29 is 9.90 Å². The van der Waals surface area contributed by atoms with E-state index >= 15 is 0 Å². The van der Waals surface area contributed by atoms with Gasteiger partial charge in [0.25, 0.3) is 5.91 Å². The maximum Gasteiger partial charge on any atom is 0.251 e. The molecule has 0 aliphatic heterocycles. The molecule has 0 bridgehead atoms. The van der Waals surface area contributed by atoms with Crippen LogP contribution in [-0.2, 0) is 6.54 Å². The second kappa shape index (κ2) is 7.02. The highest BCUT2D eigenvalue weighted by Gasteiger charge is 2.08. The summed E-state index contributed by atoms with van der Waals surface area (Å²) in [7, 11) is 0. The maximum absolute atomic E-state index is 12.2. The average molecular weight is 300 g/mol. The number of amides is 1. The summed E-state index contributed by atoms with van der Waals surface area (Å²) >= 11 is 1.57. The van der Waals surface area contributed by atoms with Crippen LogP contribution in [0.1, 0.15) is 31.4 Å². The van der Waals surface area contributed by atoms with Gasteiger partial charge in [0.1, 0.15) is 6.61 Å². The van der Waals surface area contributed by atoms with Crippen molar-refractivity contribution in [2.75, 3.05) is 6.61 Å². The van der Waals surface area contributed by atoms with Gasteiger partial charge < -0.3 is 10.4 Å². The van der Waals surface area contributed by atoms with Crippen LogP contribution in [0, 0.1) is 25.7 Å². The van der Waals surface area contributed by atoms with E-state index in [4.69, 9.17) is 5.11 Å². The van der Waals surface area contributed by atoms with Crippen molar-refractivity contribution >= 4 is 17.2 Å². The summed E-state index contributed by atoms with van der Waals surface area (Å²) in [5.74, 6) is 5.26. The number of thiazole rings is 1. The first-order valence-corrected chi connectivity index (χ1v) is 7.31. The lowest BCUT2D eigenvalue weighted by Crippen LogP contribution is -2.22. The van der Waals surface area contributed by atoms with Crippen LogP contribution < -0.4 is 5.32 Å². The third kappa shape index (κ3) is 4.42. The number of carbonyl (C=O) groups is 1. The first-order chi connectivity index (χ1) is 10.1. The predicted molar refractivity (Wildman–Crippen MR) is 83.2 cm³/mol. The Morgan fingerprint density at radius 1 is 1.38 bits per heavy atom. The summed E-state index contributed by atoms with van der Waals surface area (Å²) in [4.78, 5) is 17.4. The Morgan fingerprint density at radius 2 is 2.19 bits per heavy atom. The highest BCUT2D eigenvalue weighted by Crippen LogP contribution is 2.12. The fourth-order valence-corrected chi connectivity index (χ4v) is 2.62. The molecule has 1 amide bonds. The van der Waals surface area contributed by atoms with E-state index in [0.717, 1.165) is 21.0 Å². The zero-order valence-electron chi connectivity index (χ0n) is 11.9. The first-order valence-electron chi connectivity index (χ1n) is 6.49. The van der Waals surface area contributed by atoms with Gasteiger partial charge in [0, 0.05) is 22.2 Å². The quantitative estimate of drug-likeness (QED) is 0.853. The van der Waals surface area contributed by atoms with Crippen molar-refractivity contribution in [3.63, 3.8) is 0 Å². The zero-order valence-corrected chi connectivity index (χ0v) is 12.8. The molecule has 5 heteroatoms. The second-order valence-corrected chi connectivity index (χ2v) is 5.90. The Labute approximate surface area is 127 Å². The smallest absolute Gasteiger partial charge is 0.251 e. The third-order valence-corrected chi connectivity index (χ3v) is 3.66. The van der Waals surface area contributed by atoms with Gasteiger partial charge in [-0.25, -0.2) is 4.98 Å². The monoisotopic (exact) mass is 300 g/mol. The minimum atomic E-state index is -0.194. The summed E-state index contributed by atoms with van der Waals surface area (Å²) in [6.45, 7) is 4.12. The maximum atomic E-state index is 12.2. The summed E-state index contributed by atoms with van der Waals surface area (Å²) < 4.78 is 0. The number of aryl methyl sites for hydroxylation is 2. The van der Waals surface area contributed by atoms with Gasteiger partial charge >= 0.3 is 0 Å². The highest BCUT2D eigenvalue weighted by atomic mass is 32.1. The van der Waals surface area contributed by atoms with E-state index in [1.807, 2.05) is 26.0 Å². The number of hydrogen-bond acceptors (Lipinski definition) is 4. The number of aromatic nitrogens is 1. The van der Waals surface area contributed by atoms with E-state index < -0.39 is 0 Å². The van der Waals surface area contributed by atoms with Crippen LogP contribution in [0.15, 0.2) is 24.4 Å². The van der Waals surface area contributed by atoms with Gasteiger partial charge in [-0.15, -0.1) is 11.3 Å². The molecular formula is C16H16N2O2S. The van der Waals surface area contributed by atoms with Crippen molar-refractivity contribution in [3.05, 3.63) is 51.0 Å². The summed E-state index contributed by atoms with van der Waals surface area (Å²) in [5.41, 5.74) is 2.25. The van der Waals surface area contributed by atoms with Crippen LogP contribution in [0.3, 0.4) is 0 Å². The molecule has 1 aromatic heterocycles. The van der Waals surface area contributed by atoms with Gasteiger partial charge in [-0.1, -0.05) is 11.8 Å². The Balaban J connectivity index is 2.09. The number of carbonyl (C=O) groups excluding carboxylic acids is 1. The summed E-state index contributed by atoms with van der Waals surface area (Å²) in [6.07, 6.45) is 1.77. The van der Waals surface area contributed by atoms with Crippen molar-refractivity contribution in [3.8, 4) is 11.8 Å². The van der Waals surface area contributed by atoms with Crippen molar-refractivity contribution in [2.45, 2.75) is 20.4 Å². The molecule has 1 aromatic carbocycles. The van der Waals surface area contributed by atoms with Crippen LogP contribution >= 0.6 is 11.3 Å². The number of rotatable bonds is 3. The molecule has 2 aromatic rings. The number of aliphatic hydroxyl groups excluding tert-OH is 1. The van der Waals surface area contributed by atoms with Gasteiger partial charge in [-0.2, -0.15) is 0 Å². The fourth-order valence-electron chi connectivity index (χ4n) is 1.88. The lowest BCUT2D eigenvalue weighted by molar-refractivity contribution is 0.0951. The number of aliphatic hydroxyl groups is 1. The number of nitrogens with zero attached hydrogens (tertiary/aromatic N) is 1. The van der Waals surface area contributed by atoms with Crippen LogP contribution in [-0.4, -0.2) is 22.6 Å². The largest absolute Gasteiger partial charge is 0.384 e. The van der Waals surface area contributed by atoms with Crippen LogP contribution in [0.4, 0.5) is 0 Å². The van der Waals surface area contributed by atoms with E-state index in [1.54, 1.807) is 23.6 Å². The van der Waals surface area contributed by atoms with E-state index in [9.17, 15) is 4.79 Å². The molecule has 0 aliphatic carbocycles. The summed E-state index contributed by atoms with van der Waals surface area (Å²) in [5, 5.41) is 12.6. The van der Waals surface area contributed by atoms with Gasteiger partial charge in [0.15, 0.2) is 0 Å². The van der Waals surface area contributed by atoms with Crippen LogP contribution in [0.5, 0.6) is 0 Å². The lowest BCUT2D eigenvalue weighted by atomic mass is 10.1. The fraction of sp³-hybridized carbons (Fsp3) is 0.250. The zero-order chi connectivity index (χ0) is 15.2. The minimum absolute atomic E-state index is 0.142. The standard InChI is InChI=1S/C16H16N2O2S/c1-11-6-13(4-3-5-19)8-14(7-11)16(20)18-10-15-9-17-12(2)21-15/h6-9,19H,5,10H2,1-2H3,(H,18,20). The van der Waals surface area contributed by atoms with Crippen LogP contribution in [0.25, 0.3) is 0 Å². The van der Waals surface area contributed by atoms with Gasteiger partial charge in [-0.05, 0) is 37.6 Å². The molecule has 21 heavy (non-hydrogen) atoms. The van der Waals surface area contributed by atoms with Crippen molar-refractivity contribution in [1.82, 2.24) is 10.3 Å². The molecule has 0 fully saturated rings. The Hall–Kier alpha value is -2.16. The Morgan fingerprint density at radius 3 is 2.86 bits per heavy atom. The van der Waals surface area contributed by atoms with Gasteiger partial charge in [0.05, 0.1) is 11.6 Å². The van der Waals surface area contributed by atoms with E-state index in [1.165, 1.54) is 0 Å². The van der Waals surface area contributed by atoms with E-state index in [2.05, 4.69) is 22.1 Å². The molecule has 4 nitrogen and oxygen atoms in total. The molecule has 0 aliphatic rings. The van der Waals surface area contributed by atoms with Crippen molar-refractivity contribution in [1.29, 1.82) is 0 Å². The molecule has 1 heterocycles. The molecule has 0 unspecified atom stereocenters. The predicted octanol–water partition coefficient (Wildman–Crippen LogP) is 2.03. The molecule has 0 spiro atoms. The topological polar surface area (TPSA) is 62.2 Å². The molecule has 0 atom stereocenters. The van der Waals surface area contributed by atoms with E-state index in [0.29, 0.717) is 12.1 Å². The minimum Gasteiger partial charge on any atom is -0.384 e. The number of nitrogens with one attached hydrogen (secondary N) is 1. The Kier molecular flexibility index (Phi) is 5.09. The highest BCUT2D eigenvalue weighted by molar-refractivity contribution is 7.11. The molecule has 0 radical (unpaired) electrons. The number of hydrogen-bond donors (Lipinski definition) is 2. The van der Waals surface area contributed by atoms with Gasteiger partial charge in [0.2, 0.25) is 0 Å². The Bertz CT molecular complexity index is 711. The van der Waals surface area contributed by atoms with Gasteiger partial charge in [-0.3, -0.25) is 4.79 Å². The molecule has 0 saturated carbocycles. The molecule has 2 N–H and O–H groups in total.